The summed E-state index contributed by atoms with van der Waals surface area (Å²) in [5.74, 6) is 0.885. The van der Waals surface area contributed by atoms with Crippen LogP contribution < -0.4 is 4.74 Å². The molecule has 0 unspecified atom stereocenters. The maximum absolute atomic E-state index is 14.0. The molecular weight excluding hydrogens is 315 g/mol. The van der Waals surface area contributed by atoms with Crippen molar-refractivity contribution in [3.8, 4) is 5.75 Å². The fourth-order valence-electron chi connectivity index (χ4n) is 2.70. The minimum absolute atomic E-state index is 0.291. The molecule has 0 aliphatic carbocycles. The SMILES string of the molecule is CCCCCc1cnc(CCc2cccc(F)c2OCCCC)nc1. The van der Waals surface area contributed by atoms with Crippen molar-refractivity contribution in [3.63, 3.8) is 0 Å². The van der Waals surface area contributed by atoms with E-state index in [0.29, 0.717) is 25.2 Å². The minimum atomic E-state index is -0.291. The van der Waals surface area contributed by atoms with Gasteiger partial charge >= 0.3 is 0 Å². The summed E-state index contributed by atoms with van der Waals surface area (Å²) in [6.45, 7) is 4.84. The average Bonchev–Trinajstić information content (AvgIpc) is 2.63. The molecule has 2 aromatic rings. The second-order valence-electron chi connectivity index (χ2n) is 6.39. The third kappa shape index (κ3) is 6.45. The molecule has 0 atom stereocenters. The van der Waals surface area contributed by atoms with E-state index in [1.165, 1.54) is 30.9 Å². The first kappa shape index (κ1) is 19.4. The number of nitrogens with zero attached hydrogens (tertiary/aromatic N) is 2. The molecule has 0 radical (unpaired) electrons. The van der Waals surface area contributed by atoms with Crippen molar-refractivity contribution in [1.82, 2.24) is 9.97 Å². The van der Waals surface area contributed by atoms with Gasteiger partial charge in [-0.15, -0.1) is 0 Å². The molecule has 0 aliphatic rings. The molecule has 4 heteroatoms. The summed E-state index contributed by atoms with van der Waals surface area (Å²) in [4.78, 5) is 8.91. The van der Waals surface area contributed by atoms with Gasteiger partial charge in [-0.05, 0) is 42.9 Å². The monoisotopic (exact) mass is 344 g/mol. The largest absolute Gasteiger partial charge is 0.490 e. The molecule has 0 spiro atoms. The Kier molecular flexibility index (Phi) is 8.36. The van der Waals surface area contributed by atoms with Gasteiger partial charge in [0, 0.05) is 18.8 Å². The van der Waals surface area contributed by atoms with Gasteiger partial charge in [0.25, 0.3) is 0 Å². The Balaban J connectivity index is 1.93. The normalized spacial score (nSPS) is 10.8. The first-order valence-corrected chi connectivity index (χ1v) is 9.44. The van der Waals surface area contributed by atoms with Crippen molar-refractivity contribution in [2.75, 3.05) is 6.61 Å². The molecule has 1 heterocycles. The first-order chi connectivity index (χ1) is 12.2. The van der Waals surface area contributed by atoms with Crippen LogP contribution in [0, 0.1) is 5.82 Å². The van der Waals surface area contributed by atoms with Crippen LogP contribution in [0.5, 0.6) is 5.75 Å². The van der Waals surface area contributed by atoms with Crippen LogP contribution in [0.3, 0.4) is 0 Å². The van der Waals surface area contributed by atoms with Gasteiger partial charge in [-0.1, -0.05) is 45.2 Å². The zero-order valence-corrected chi connectivity index (χ0v) is 15.4. The minimum Gasteiger partial charge on any atom is -0.490 e. The van der Waals surface area contributed by atoms with Crippen molar-refractivity contribution in [2.45, 2.75) is 65.2 Å². The number of para-hydroxylation sites is 1. The van der Waals surface area contributed by atoms with Crippen LogP contribution in [0.15, 0.2) is 30.6 Å². The predicted molar refractivity (Wildman–Crippen MR) is 99.5 cm³/mol. The van der Waals surface area contributed by atoms with Crippen LogP contribution >= 0.6 is 0 Å². The van der Waals surface area contributed by atoms with Gasteiger partial charge < -0.3 is 4.74 Å². The van der Waals surface area contributed by atoms with Crippen LogP contribution in [0.1, 0.15) is 62.9 Å². The fourth-order valence-corrected chi connectivity index (χ4v) is 2.70. The average molecular weight is 344 g/mol. The van der Waals surface area contributed by atoms with Crippen LogP contribution in [-0.4, -0.2) is 16.6 Å². The predicted octanol–water partition coefficient (Wildman–Crippen LogP) is 5.31. The van der Waals surface area contributed by atoms with E-state index in [2.05, 4.69) is 23.8 Å². The highest BCUT2D eigenvalue weighted by atomic mass is 19.1. The molecule has 0 fully saturated rings. The van der Waals surface area contributed by atoms with E-state index in [4.69, 9.17) is 4.74 Å². The highest BCUT2D eigenvalue weighted by molar-refractivity contribution is 5.35. The van der Waals surface area contributed by atoms with E-state index >= 15 is 0 Å². The summed E-state index contributed by atoms with van der Waals surface area (Å²) in [6.07, 6.45) is 11.8. The van der Waals surface area contributed by atoms with E-state index in [1.54, 1.807) is 6.07 Å². The Morgan fingerprint density at radius 1 is 0.920 bits per heavy atom. The molecule has 136 valence electrons. The summed E-state index contributed by atoms with van der Waals surface area (Å²) in [7, 11) is 0. The van der Waals surface area contributed by atoms with E-state index in [-0.39, 0.29) is 5.82 Å². The Morgan fingerprint density at radius 2 is 1.68 bits per heavy atom. The number of aromatic nitrogens is 2. The lowest BCUT2D eigenvalue weighted by molar-refractivity contribution is 0.291. The van der Waals surface area contributed by atoms with E-state index in [9.17, 15) is 4.39 Å². The molecule has 25 heavy (non-hydrogen) atoms. The van der Waals surface area contributed by atoms with Crippen molar-refractivity contribution in [2.24, 2.45) is 0 Å². The number of hydrogen-bond donors (Lipinski definition) is 0. The summed E-state index contributed by atoms with van der Waals surface area (Å²) in [5.41, 5.74) is 2.07. The Hall–Kier alpha value is -1.97. The van der Waals surface area contributed by atoms with E-state index in [0.717, 1.165) is 30.7 Å². The fraction of sp³-hybridized carbons (Fsp3) is 0.524. The Morgan fingerprint density at radius 3 is 2.40 bits per heavy atom. The molecule has 1 aromatic heterocycles. The number of aryl methyl sites for hydroxylation is 3. The summed E-state index contributed by atoms with van der Waals surface area (Å²) in [5, 5.41) is 0. The molecule has 0 saturated carbocycles. The molecule has 1 aromatic carbocycles. The number of benzene rings is 1. The van der Waals surface area contributed by atoms with Gasteiger partial charge in [0.2, 0.25) is 0 Å². The number of halogens is 1. The third-order valence-electron chi connectivity index (χ3n) is 4.24. The number of unbranched alkanes of at least 4 members (excludes halogenated alkanes) is 3. The Bertz CT molecular complexity index is 628. The third-order valence-corrected chi connectivity index (χ3v) is 4.24. The van der Waals surface area contributed by atoms with Crippen molar-refractivity contribution in [1.29, 1.82) is 0 Å². The maximum Gasteiger partial charge on any atom is 0.165 e. The van der Waals surface area contributed by atoms with Crippen molar-refractivity contribution >= 4 is 0 Å². The van der Waals surface area contributed by atoms with E-state index < -0.39 is 0 Å². The number of hydrogen-bond acceptors (Lipinski definition) is 3. The van der Waals surface area contributed by atoms with Crippen LogP contribution in [-0.2, 0) is 19.3 Å². The molecule has 0 amide bonds. The maximum atomic E-state index is 14.0. The highest BCUT2D eigenvalue weighted by Gasteiger charge is 2.10. The second kappa shape index (κ2) is 10.8. The van der Waals surface area contributed by atoms with Crippen LogP contribution in [0.2, 0.25) is 0 Å². The molecule has 3 nitrogen and oxygen atoms in total. The quantitative estimate of drug-likeness (QED) is 0.518. The molecule has 0 aliphatic heterocycles. The van der Waals surface area contributed by atoms with Gasteiger partial charge in [-0.25, -0.2) is 14.4 Å². The van der Waals surface area contributed by atoms with Gasteiger partial charge in [-0.2, -0.15) is 0 Å². The summed E-state index contributed by atoms with van der Waals surface area (Å²) < 4.78 is 19.7. The zero-order chi connectivity index (χ0) is 17.9. The highest BCUT2D eigenvalue weighted by Crippen LogP contribution is 2.24. The number of rotatable bonds is 11. The molecule has 0 bridgehead atoms. The lowest BCUT2D eigenvalue weighted by Gasteiger charge is -2.12. The topological polar surface area (TPSA) is 35.0 Å². The standard InChI is InChI=1S/C21H29FN2O/c1-3-5-7-9-17-15-23-20(24-16-17)13-12-18-10-8-11-19(22)21(18)25-14-6-4-2/h8,10-11,15-16H,3-7,9,12-14H2,1-2H3. The van der Waals surface area contributed by atoms with Gasteiger partial charge in [0.05, 0.1) is 6.61 Å². The molecule has 0 saturated heterocycles. The van der Waals surface area contributed by atoms with Crippen molar-refractivity contribution in [3.05, 3.63) is 53.4 Å². The van der Waals surface area contributed by atoms with Gasteiger partial charge in [0.15, 0.2) is 11.6 Å². The summed E-state index contributed by atoms with van der Waals surface area (Å²) >= 11 is 0. The lowest BCUT2D eigenvalue weighted by Crippen LogP contribution is -2.05. The smallest absolute Gasteiger partial charge is 0.165 e. The van der Waals surface area contributed by atoms with E-state index in [1.807, 2.05) is 18.5 Å². The van der Waals surface area contributed by atoms with Gasteiger partial charge in [-0.3, -0.25) is 0 Å². The Labute approximate surface area is 150 Å². The van der Waals surface area contributed by atoms with Gasteiger partial charge in [0.1, 0.15) is 5.82 Å². The first-order valence-electron chi connectivity index (χ1n) is 9.44. The van der Waals surface area contributed by atoms with Crippen molar-refractivity contribution < 1.29 is 9.13 Å². The lowest BCUT2D eigenvalue weighted by atomic mass is 10.1. The second-order valence-corrected chi connectivity index (χ2v) is 6.39. The molecule has 0 N–H and O–H groups in total. The number of ether oxygens (including phenoxy) is 1. The van der Waals surface area contributed by atoms with Crippen LogP contribution in [0.25, 0.3) is 0 Å². The zero-order valence-electron chi connectivity index (χ0n) is 15.4. The summed E-state index contributed by atoms with van der Waals surface area (Å²) in [6, 6.07) is 5.10. The molecular formula is C21H29FN2O. The molecule has 2 rings (SSSR count). The van der Waals surface area contributed by atoms with Crippen LogP contribution in [0.4, 0.5) is 4.39 Å².